The number of aryl methyl sites for hydroxylation is 1. The Kier molecular flexibility index (Phi) is 4.14. The van der Waals surface area contributed by atoms with Crippen LogP contribution in [0, 0.1) is 0 Å². The van der Waals surface area contributed by atoms with Crippen molar-refractivity contribution in [3.05, 3.63) is 18.0 Å². The molecule has 6 heteroatoms. The summed E-state index contributed by atoms with van der Waals surface area (Å²) in [5, 5.41) is 3.42. The van der Waals surface area contributed by atoms with Crippen LogP contribution < -0.4 is 0 Å². The van der Waals surface area contributed by atoms with Gasteiger partial charge in [0.05, 0.1) is 0 Å². The average Bonchev–Trinajstić information content (AvgIpc) is 2.60. The summed E-state index contributed by atoms with van der Waals surface area (Å²) in [4.78, 5) is 0. The maximum absolute atomic E-state index is 12.1. The number of ether oxygens (including phenoxy) is 1. The molecule has 0 aliphatic rings. The van der Waals surface area contributed by atoms with Crippen molar-refractivity contribution in [2.45, 2.75) is 26.1 Å². The first kappa shape index (κ1) is 12.0. The molecule has 1 heterocycles. The van der Waals surface area contributed by atoms with Crippen molar-refractivity contribution < 1.29 is 17.9 Å². The molecule has 0 unspecified atom stereocenters. The van der Waals surface area contributed by atoms with Crippen LogP contribution in [0.2, 0.25) is 0 Å². The van der Waals surface area contributed by atoms with Crippen LogP contribution in [-0.4, -0.2) is 23.0 Å². The second-order valence-corrected chi connectivity index (χ2v) is 3.01. The quantitative estimate of drug-likeness (QED) is 0.715. The Balaban J connectivity index is 2.40. The maximum atomic E-state index is 12.1. The molecule has 0 aliphatic heterocycles. The van der Waals surface area contributed by atoms with Crippen molar-refractivity contribution in [1.82, 2.24) is 9.78 Å². The van der Waals surface area contributed by atoms with Gasteiger partial charge in [0, 0.05) is 26.0 Å². The lowest BCUT2D eigenvalue weighted by Gasteiger charge is -2.03. The zero-order valence-corrected chi connectivity index (χ0v) is 8.42. The van der Waals surface area contributed by atoms with Gasteiger partial charge in [-0.25, -0.2) is 0 Å². The highest BCUT2D eigenvalue weighted by Crippen LogP contribution is 2.27. The minimum Gasteiger partial charge on any atom is -0.382 e. The van der Waals surface area contributed by atoms with Gasteiger partial charge in [0.2, 0.25) is 0 Å². The van der Waals surface area contributed by atoms with Crippen LogP contribution in [0.25, 0.3) is 0 Å². The largest absolute Gasteiger partial charge is 0.435 e. The van der Waals surface area contributed by atoms with Gasteiger partial charge in [-0.3, -0.25) is 4.68 Å². The summed E-state index contributed by atoms with van der Waals surface area (Å²) in [7, 11) is 0. The number of hydrogen-bond acceptors (Lipinski definition) is 2. The van der Waals surface area contributed by atoms with Crippen LogP contribution in [0.1, 0.15) is 19.0 Å². The number of nitrogens with zero attached hydrogens (tertiary/aromatic N) is 2. The van der Waals surface area contributed by atoms with Crippen LogP contribution in [0.4, 0.5) is 13.2 Å². The predicted molar refractivity (Wildman–Crippen MR) is 48.3 cm³/mol. The summed E-state index contributed by atoms with van der Waals surface area (Å²) in [6.07, 6.45) is -2.37. The predicted octanol–water partition coefficient (Wildman–Crippen LogP) is 2.33. The van der Waals surface area contributed by atoms with E-state index in [4.69, 9.17) is 4.74 Å². The van der Waals surface area contributed by atoms with Crippen LogP contribution in [0.5, 0.6) is 0 Å². The third kappa shape index (κ3) is 3.91. The Morgan fingerprint density at radius 2 is 2.20 bits per heavy atom. The molecule has 1 rings (SSSR count). The van der Waals surface area contributed by atoms with E-state index in [9.17, 15) is 13.2 Å². The van der Waals surface area contributed by atoms with Crippen molar-refractivity contribution in [1.29, 1.82) is 0 Å². The van der Waals surface area contributed by atoms with Gasteiger partial charge in [-0.1, -0.05) is 0 Å². The molecule has 3 nitrogen and oxygen atoms in total. The number of aromatic nitrogens is 2. The van der Waals surface area contributed by atoms with Gasteiger partial charge < -0.3 is 4.74 Å². The molecule has 0 spiro atoms. The molecule has 0 amide bonds. The first-order valence-corrected chi connectivity index (χ1v) is 4.72. The van der Waals surface area contributed by atoms with Gasteiger partial charge >= 0.3 is 6.18 Å². The van der Waals surface area contributed by atoms with Gasteiger partial charge in [-0.2, -0.15) is 18.3 Å². The summed E-state index contributed by atoms with van der Waals surface area (Å²) in [5.74, 6) is 0. The van der Waals surface area contributed by atoms with Crippen LogP contribution in [-0.2, 0) is 17.5 Å². The van der Waals surface area contributed by atoms with Crippen LogP contribution in [0.15, 0.2) is 12.3 Å². The van der Waals surface area contributed by atoms with E-state index in [1.165, 1.54) is 10.9 Å². The molecule has 0 aromatic carbocycles. The smallest absolute Gasteiger partial charge is 0.382 e. The molecule has 0 saturated carbocycles. The first-order valence-electron chi connectivity index (χ1n) is 4.72. The van der Waals surface area contributed by atoms with Crippen molar-refractivity contribution in [2.24, 2.45) is 0 Å². The fourth-order valence-electron chi connectivity index (χ4n) is 1.11. The van der Waals surface area contributed by atoms with E-state index in [2.05, 4.69) is 5.10 Å². The van der Waals surface area contributed by atoms with E-state index in [-0.39, 0.29) is 0 Å². The highest BCUT2D eigenvalue weighted by atomic mass is 19.4. The third-order valence-electron chi connectivity index (χ3n) is 1.81. The Morgan fingerprint density at radius 1 is 1.47 bits per heavy atom. The molecule has 0 fully saturated rings. The molecule has 15 heavy (non-hydrogen) atoms. The first-order chi connectivity index (χ1) is 7.04. The fraction of sp³-hybridized carbons (Fsp3) is 0.667. The molecule has 0 radical (unpaired) electrons. The van der Waals surface area contributed by atoms with E-state index >= 15 is 0 Å². The van der Waals surface area contributed by atoms with E-state index in [1.54, 1.807) is 0 Å². The number of alkyl halides is 3. The van der Waals surface area contributed by atoms with E-state index in [0.29, 0.717) is 26.2 Å². The molecule has 1 aromatic rings. The molecule has 0 atom stereocenters. The zero-order chi connectivity index (χ0) is 11.3. The minimum atomic E-state index is -4.36. The Labute approximate surface area is 85.8 Å². The molecular formula is C9H13F3N2O. The van der Waals surface area contributed by atoms with Gasteiger partial charge in [0.1, 0.15) is 0 Å². The van der Waals surface area contributed by atoms with E-state index in [1.807, 2.05) is 6.92 Å². The number of hydrogen-bond donors (Lipinski definition) is 0. The highest BCUT2D eigenvalue weighted by molar-refractivity contribution is 5.02. The normalized spacial score (nSPS) is 12.0. The molecule has 86 valence electrons. The monoisotopic (exact) mass is 222 g/mol. The highest BCUT2D eigenvalue weighted by Gasteiger charge is 2.33. The summed E-state index contributed by atoms with van der Waals surface area (Å²) in [6, 6.07) is 0.973. The molecule has 0 bridgehead atoms. The molecule has 0 saturated heterocycles. The van der Waals surface area contributed by atoms with Gasteiger partial charge in [0.25, 0.3) is 0 Å². The average molecular weight is 222 g/mol. The Morgan fingerprint density at radius 3 is 2.73 bits per heavy atom. The molecule has 0 aliphatic carbocycles. The lowest BCUT2D eigenvalue weighted by Crippen LogP contribution is -2.09. The Hall–Kier alpha value is -1.04. The van der Waals surface area contributed by atoms with Crippen molar-refractivity contribution >= 4 is 0 Å². The summed E-state index contributed by atoms with van der Waals surface area (Å²) < 4.78 is 42.8. The molecule has 0 N–H and O–H groups in total. The van der Waals surface area contributed by atoms with E-state index < -0.39 is 11.9 Å². The van der Waals surface area contributed by atoms with Gasteiger partial charge in [-0.15, -0.1) is 0 Å². The summed E-state index contributed by atoms with van der Waals surface area (Å²) in [6.45, 7) is 3.47. The summed E-state index contributed by atoms with van der Waals surface area (Å²) in [5.41, 5.74) is -0.848. The van der Waals surface area contributed by atoms with Crippen molar-refractivity contribution in [2.75, 3.05) is 13.2 Å². The standard InChI is InChI=1S/C9H13F3N2O/c1-2-15-7-3-5-14-6-4-8(13-14)9(10,11)12/h4,6H,2-3,5,7H2,1H3. The number of halogens is 3. The molecular weight excluding hydrogens is 209 g/mol. The summed E-state index contributed by atoms with van der Waals surface area (Å²) >= 11 is 0. The number of rotatable bonds is 5. The van der Waals surface area contributed by atoms with Crippen LogP contribution in [0.3, 0.4) is 0 Å². The lowest BCUT2D eigenvalue weighted by atomic mass is 10.4. The van der Waals surface area contributed by atoms with Crippen molar-refractivity contribution in [3.63, 3.8) is 0 Å². The SMILES string of the molecule is CCOCCCn1ccc(C(F)(F)F)n1. The lowest BCUT2D eigenvalue weighted by molar-refractivity contribution is -0.141. The van der Waals surface area contributed by atoms with E-state index in [0.717, 1.165) is 6.07 Å². The maximum Gasteiger partial charge on any atom is 0.435 e. The molecule has 1 aromatic heterocycles. The van der Waals surface area contributed by atoms with Gasteiger partial charge in [-0.05, 0) is 19.4 Å². The van der Waals surface area contributed by atoms with Gasteiger partial charge in [0.15, 0.2) is 5.69 Å². The third-order valence-corrected chi connectivity index (χ3v) is 1.81. The minimum absolute atomic E-state index is 0.441. The second kappa shape index (κ2) is 5.16. The zero-order valence-electron chi connectivity index (χ0n) is 8.42. The Bertz CT molecular complexity index is 296. The van der Waals surface area contributed by atoms with Crippen molar-refractivity contribution in [3.8, 4) is 0 Å². The second-order valence-electron chi connectivity index (χ2n) is 3.01. The topological polar surface area (TPSA) is 27.1 Å². The fourth-order valence-corrected chi connectivity index (χ4v) is 1.11. The van der Waals surface area contributed by atoms with Crippen LogP contribution >= 0.6 is 0 Å².